The first-order chi connectivity index (χ1) is 4.58. The Morgan fingerprint density at radius 1 is 1.50 bits per heavy atom. The molecule has 0 aromatic carbocycles. The van der Waals surface area contributed by atoms with Crippen LogP contribution in [0, 0.1) is 5.92 Å². The molecule has 0 saturated heterocycles. The Morgan fingerprint density at radius 3 is 2.30 bits per heavy atom. The van der Waals surface area contributed by atoms with Crippen molar-refractivity contribution in [2.24, 2.45) is 11.7 Å². The lowest BCUT2D eigenvalue weighted by Crippen LogP contribution is -2.41. The maximum Gasteiger partial charge on any atom is 0.0254 e. The third-order valence-electron chi connectivity index (χ3n) is 2.46. The number of hydrogen-bond acceptors (Lipinski definition) is 2. The highest BCUT2D eigenvalue weighted by Crippen LogP contribution is 2.40. The summed E-state index contributed by atoms with van der Waals surface area (Å²) in [4.78, 5) is 0. The van der Waals surface area contributed by atoms with Crippen molar-refractivity contribution in [3.8, 4) is 0 Å². The lowest BCUT2D eigenvalue weighted by atomic mass is 10.00. The molecule has 0 heterocycles. The van der Waals surface area contributed by atoms with Gasteiger partial charge in [-0.2, -0.15) is 11.8 Å². The molecule has 1 atom stereocenters. The van der Waals surface area contributed by atoms with Gasteiger partial charge in [-0.3, -0.25) is 0 Å². The van der Waals surface area contributed by atoms with Crippen molar-refractivity contribution in [1.82, 2.24) is 0 Å². The van der Waals surface area contributed by atoms with Crippen LogP contribution in [-0.2, 0) is 0 Å². The zero-order chi connectivity index (χ0) is 7.78. The van der Waals surface area contributed by atoms with Gasteiger partial charge in [0.2, 0.25) is 0 Å². The van der Waals surface area contributed by atoms with Crippen LogP contribution < -0.4 is 5.73 Å². The second-order valence-corrected chi connectivity index (χ2v) is 5.13. The van der Waals surface area contributed by atoms with Gasteiger partial charge >= 0.3 is 0 Å². The lowest BCUT2D eigenvalue weighted by molar-refractivity contribution is 0.486. The zero-order valence-electron chi connectivity index (χ0n) is 7.05. The van der Waals surface area contributed by atoms with E-state index in [1.165, 1.54) is 12.8 Å². The minimum atomic E-state index is 0.279. The maximum absolute atomic E-state index is 6.05. The standard InChI is InChI=1S/C8H17NS/c1-8(2,10-3)7(9)6-4-5-6/h6-7H,4-5,9H2,1-3H3. The Labute approximate surface area is 67.8 Å². The molecule has 1 nitrogen and oxygen atoms in total. The average molecular weight is 159 g/mol. The first kappa shape index (κ1) is 8.41. The van der Waals surface area contributed by atoms with Gasteiger partial charge in [0.25, 0.3) is 0 Å². The van der Waals surface area contributed by atoms with Crippen molar-refractivity contribution in [2.75, 3.05) is 6.26 Å². The van der Waals surface area contributed by atoms with Crippen LogP contribution in [0.4, 0.5) is 0 Å². The van der Waals surface area contributed by atoms with Gasteiger partial charge in [0, 0.05) is 10.8 Å². The van der Waals surface area contributed by atoms with Gasteiger partial charge < -0.3 is 5.73 Å². The Kier molecular flexibility index (Phi) is 2.31. The molecular weight excluding hydrogens is 142 g/mol. The van der Waals surface area contributed by atoms with Gasteiger partial charge in [-0.1, -0.05) is 0 Å². The Hall–Kier alpha value is 0.310. The molecule has 1 rings (SSSR count). The highest BCUT2D eigenvalue weighted by molar-refractivity contribution is 8.00. The van der Waals surface area contributed by atoms with E-state index in [0.717, 1.165) is 5.92 Å². The largest absolute Gasteiger partial charge is 0.326 e. The minimum absolute atomic E-state index is 0.279. The van der Waals surface area contributed by atoms with Crippen LogP contribution in [0.15, 0.2) is 0 Å². The average Bonchev–Trinajstić information content (AvgIpc) is 2.68. The fourth-order valence-electron chi connectivity index (χ4n) is 1.16. The highest BCUT2D eigenvalue weighted by atomic mass is 32.2. The van der Waals surface area contributed by atoms with Crippen LogP contribution in [0.1, 0.15) is 26.7 Å². The number of nitrogens with two attached hydrogens (primary N) is 1. The summed E-state index contributed by atoms with van der Waals surface area (Å²) in [6.45, 7) is 4.47. The van der Waals surface area contributed by atoms with Gasteiger partial charge in [-0.25, -0.2) is 0 Å². The van der Waals surface area contributed by atoms with Crippen molar-refractivity contribution >= 4 is 11.8 Å². The maximum atomic E-state index is 6.05. The fourth-order valence-corrected chi connectivity index (χ4v) is 1.62. The van der Waals surface area contributed by atoms with Crippen molar-refractivity contribution in [1.29, 1.82) is 0 Å². The molecule has 0 radical (unpaired) electrons. The Bertz CT molecular complexity index is 118. The monoisotopic (exact) mass is 159 g/mol. The Balaban J connectivity index is 2.43. The quantitative estimate of drug-likeness (QED) is 0.680. The first-order valence-corrected chi connectivity index (χ1v) is 5.11. The lowest BCUT2D eigenvalue weighted by Gasteiger charge is -2.29. The molecule has 0 aromatic heterocycles. The second-order valence-electron chi connectivity index (χ2n) is 3.67. The zero-order valence-corrected chi connectivity index (χ0v) is 7.87. The summed E-state index contributed by atoms with van der Waals surface area (Å²) >= 11 is 1.88. The predicted molar refractivity (Wildman–Crippen MR) is 48.3 cm³/mol. The molecule has 1 aliphatic carbocycles. The van der Waals surface area contributed by atoms with Gasteiger partial charge in [-0.15, -0.1) is 0 Å². The minimum Gasteiger partial charge on any atom is -0.326 e. The topological polar surface area (TPSA) is 26.0 Å². The molecule has 0 aliphatic heterocycles. The third kappa shape index (κ3) is 1.67. The van der Waals surface area contributed by atoms with Gasteiger partial charge in [0.1, 0.15) is 0 Å². The van der Waals surface area contributed by atoms with Crippen molar-refractivity contribution in [2.45, 2.75) is 37.5 Å². The van der Waals surface area contributed by atoms with Crippen LogP contribution in [-0.4, -0.2) is 17.0 Å². The molecule has 2 N–H and O–H groups in total. The number of rotatable bonds is 3. The molecule has 0 aromatic rings. The van der Waals surface area contributed by atoms with Crippen LogP contribution in [0.2, 0.25) is 0 Å². The molecular formula is C8H17NS. The van der Waals surface area contributed by atoms with Gasteiger partial charge in [0.05, 0.1) is 0 Å². The SMILES string of the molecule is CSC(C)(C)C(N)C1CC1. The van der Waals surface area contributed by atoms with E-state index in [0.29, 0.717) is 6.04 Å². The van der Waals surface area contributed by atoms with Crippen LogP contribution >= 0.6 is 11.8 Å². The fraction of sp³-hybridized carbons (Fsp3) is 1.00. The predicted octanol–water partition coefficient (Wildman–Crippen LogP) is 1.87. The first-order valence-electron chi connectivity index (χ1n) is 3.88. The smallest absolute Gasteiger partial charge is 0.0254 e. The molecule has 1 aliphatic rings. The molecule has 0 bridgehead atoms. The van der Waals surface area contributed by atoms with Crippen molar-refractivity contribution in [3.63, 3.8) is 0 Å². The molecule has 1 unspecified atom stereocenters. The van der Waals surface area contributed by atoms with Crippen molar-refractivity contribution in [3.05, 3.63) is 0 Å². The van der Waals surface area contributed by atoms with E-state index in [1.54, 1.807) is 0 Å². The molecule has 1 saturated carbocycles. The van der Waals surface area contributed by atoms with Crippen LogP contribution in [0.3, 0.4) is 0 Å². The third-order valence-corrected chi connectivity index (χ3v) is 3.78. The second kappa shape index (κ2) is 2.74. The summed E-state index contributed by atoms with van der Waals surface area (Å²) in [5, 5.41) is 0. The van der Waals surface area contributed by atoms with E-state index < -0.39 is 0 Å². The molecule has 60 valence electrons. The van der Waals surface area contributed by atoms with Gasteiger partial charge in [0.15, 0.2) is 0 Å². The van der Waals surface area contributed by atoms with E-state index >= 15 is 0 Å². The van der Waals surface area contributed by atoms with E-state index in [9.17, 15) is 0 Å². The van der Waals surface area contributed by atoms with Gasteiger partial charge in [-0.05, 0) is 38.9 Å². The van der Waals surface area contributed by atoms with E-state index in [4.69, 9.17) is 5.73 Å². The highest BCUT2D eigenvalue weighted by Gasteiger charge is 2.37. The molecule has 2 heteroatoms. The number of thioether (sulfide) groups is 1. The van der Waals surface area contributed by atoms with E-state index in [1.807, 2.05) is 11.8 Å². The van der Waals surface area contributed by atoms with Crippen molar-refractivity contribution < 1.29 is 0 Å². The molecule has 0 spiro atoms. The molecule has 1 fully saturated rings. The summed E-state index contributed by atoms with van der Waals surface area (Å²) < 4.78 is 0.279. The normalized spacial score (nSPS) is 22.8. The molecule has 0 amide bonds. The Morgan fingerprint density at radius 2 is 2.00 bits per heavy atom. The summed E-state index contributed by atoms with van der Waals surface area (Å²) in [5.41, 5.74) is 6.05. The van der Waals surface area contributed by atoms with E-state index in [2.05, 4.69) is 20.1 Å². The van der Waals surface area contributed by atoms with Crippen LogP contribution in [0.5, 0.6) is 0 Å². The summed E-state index contributed by atoms with van der Waals surface area (Å²) in [6, 6.07) is 0.405. The number of hydrogen-bond donors (Lipinski definition) is 1. The van der Waals surface area contributed by atoms with Crippen LogP contribution in [0.25, 0.3) is 0 Å². The summed E-state index contributed by atoms with van der Waals surface area (Å²) in [5.74, 6) is 0.822. The summed E-state index contributed by atoms with van der Waals surface area (Å²) in [6.07, 6.45) is 4.85. The van der Waals surface area contributed by atoms with E-state index in [-0.39, 0.29) is 4.75 Å². The summed E-state index contributed by atoms with van der Waals surface area (Å²) in [7, 11) is 0. The molecule has 10 heavy (non-hydrogen) atoms.